The zero-order valence-corrected chi connectivity index (χ0v) is 16.7. The van der Waals surface area contributed by atoms with Crippen molar-refractivity contribution in [1.82, 2.24) is 9.55 Å². The lowest BCUT2D eigenvalue weighted by molar-refractivity contribution is -0.116. The second-order valence-corrected chi connectivity index (χ2v) is 9.07. The number of ether oxygens (including phenoxy) is 2. The largest absolute Gasteiger partial charge is 0.490 e. The third-order valence-electron chi connectivity index (χ3n) is 4.46. The molecule has 152 valence electrons. The molecule has 0 saturated heterocycles. The normalized spacial score (nSPS) is 13.8. The van der Waals surface area contributed by atoms with Crippen LogP contribution in [0.2, 0.25) is 0 Å². The first-order valence-electron chi connectivity index (χ1n) is 9.20. The van der Waals surface area contributed by atoms with Gasteiger partial charge in [-0.1, -0.05) is 12.1 Å². The number of amides is 1. The zero-order valence-electron chi connectivity index (χ0n) is 15.9. The van der Waals surface area contributed by atoms with E-state index < -0.39 is 9.84 Å². The highest BCUT2D eigenvalue weighted by Gasteiger charge is 2.18. The Hall–Kier alpha value is -3.07. The summed E-state index contributed by atoms with van der Waals surface area (Å²) in [5.74, 6) is 1.04. The number of nitrogens with one attached hydrogen (secondary N) is 1. The lowest BCUT2D eigenvalue weighted by Crippen LogP contribution is -2.21. The van der Waals surface area contributed by atoms with Crippen LogP contribution in [0.1, 0.15) is 12.2 Å². The Morgan fingerprint density at radius 1 is 1.14 bits per heavy atom. The molecule has 2 aromatic carbocycles. The topological polar surface area (TPSA) is 99.5 Å². The molecule has 0 spiro atoms. The summed E-state index contributed by atoms with van der Waals surface area (Å²) in [5, 5.41) is 2.83. The molecule has 4 rings (SSSR count). The van der Waals surface area contributed by atoms with Crippen molar-refractivity contribution in [3.63, 3.8) is 0 Å². The number of imidazole rings is 1. The number of nitrogens with zero attached hydrogens (tertiary/aromatic N) is 2. The lowest BCUT2D eigenvalue weighted by Gasteiger charge is -2.12. The average Bonchev–Trinajstić information content (AvgIpc) is 2.83. The molecule has 3 aromatic rings. The monoisotopic (exact) mass is 415 g/mol. The summed E-state index contributed by atoms with van der Waals surface area (Å²) in [7, 11) is -3.30. The number of sulfone groups is 1. The molecule has 9 heteroatoms. The molecule has 0 saturated carbocycles. The second-order valence-electron chi connectivity index (χ2n) is 6.93. The van der Waals surface area contributed by atoms with Crippen LogP contribution in [-0.2, 0) is 26.9 Å². The van der Waals surface area contributed by atoms with Crippen LogP contribution in [0.5, 0.6) is 11.5 Å². The van der Waals surface area contributed by atoms with E-state index in [1.165, 1.54) is 0 Å². The molecule has 0 bridgehead atoms. The summed E-state index contributed by atoms with van der Waals surface area (Å²) in [6.07, 6.45) is 1.95. The molecule has 0 atom stereocenters. The minimum absolute atomic E-state index is 0.0557. The van der Waals surface area contributed by atoms with Gasteiger partial charge in [-0.05, 0) is 24.3 Å². The number of hydrogen-bond donors (Lipinski definition) is 1. The van der Waals surface area contributed by atoms with Crippen molar-refractivity contribution >= 4 is 32.5 Å². The molecule has 1 aromatic heterocycles. The van der Waals surface area contributed by atoms with Crippen LogP contribution < -0.4 is 14.8 Å². The van der Waals surface area contributed by atoms with Crippen molar-refractivity contribution in [1.29, 1.82) is 0 Å². The van der Waals surface area contributed by atoms with E-state index in [0.717, 1.165) is 12.7 Å². The fourth-order valence-electron chi connectivity index (χ4n) is 3.23. The second kappa shape index (κ2) is 7.75. The molecule has 0 radical (unpaired) electrons. The number of aromatic nitrogens is 2. The summed E-state index contributed by atoms with van der Waals surface area (Å²) in [6.45, 7) is 1.09. The number of carbonyl (C=O) groups excluding carboxylic acids is 1. The molecule has 8 nitrogen and oxygen atoms in total. The van der Waals surface area contributed by atoms with E-state index in [-0.39, 0.29) is 18.2 Å². The number of fused-ring (bicyclic) bond motifs is 2. The van der Waals surface area contributed by atoms with Crippen LogP contribution in [0.25, 0.3) is 11.0 Å². The van der Waals surface area contributed by atoms with Gasteiger partial charge in [0.15, 0.2) is 21.3 Å². The maximum Gasteiger partial charge on any atom is 0.244 e. The Balaban J connectivity index is 1.58. The molecular weight excluding hydrogens is 394 g/mol. The number of para-hydroxylation sites is 2. The van der Waals surface area contributed by atoms with Crippen molar-refractivity contribution in [2.45, 2.75) is 18.7 Å². The minimum atomic E-state index is -3.30. The Morgan fingerprint density at radius 2 is 1.90 bits per heavy atom. The minimum Gasteiger partial charge on any atom is -0.490 e. The van der Waals surface area contributed by atoms with Gasteiger partial charge >= 0.3 is 0 Å². The van der Waals surface area contributed by atoms with Gasteiger partial charge in [-0.25, -0.2) is 13.4 Å². The highest BCUT2D eigenvalue weighted by atomic mass is 32.2. The Kier molecular flexibility index (Phi) is 5.14. The van der Waals surface area contributed by atoms with Gasteiger partial charge in [0.25, 0.3) is 0 Å². The van der Waals surface area contributed by atoms with Gasteiger partial charge in [0.05, 0.1) is 24.2 Å². The smallest absolute Gasteiger partial charge is 0.244 e. The van der Waals surface area contributed by atoms with Gasteiger partial charge in [0.2, 0.25) is 5.91 Å². The van der Waals surface area contributed by atoms with Crippen LogP contribution in [0.3, 0.4) is 0 Å². The van der Waals surface area contributed by atoms with Crippen LogP contribution in [0.15, 0.2) is 42.5 Å². The first kappa shape index (κ1) is 19.3. The number of rotatable bonds is 5. The van der Waals surface area contributed by atoms with E-state index in [2.05, 4.69) is 10.3 Å². The van der Waals surface area contributed by atoms with Crippen molar-refractivity contribution < 1.29 is 22.7 Å². The van der Waals surface area contributed by atoms with Gasteiger partial charge in [0.1, 0.15) is 18.1 Å². The molecule has 1 amide bonds. The molecule has 0 fully saturated rings. The zero-order chi connectivity index (χ0) is 20.4. The van der Waals surface area contributed by atoms with E-state index >= 15 is 0 Å². The lowest BCUT2D eigenvalue weighted by atomic mass is 10.2. The molecule has 1 aliphatic heterocycles. The van der Waals surface area contributed by atoms with Crippen molar-refractivity contribution in [3.8, 4) is 11.5 Å². The van der Waals surface area contributed by atoms with Crippen LogP contribution >= 0.6 is 0 Å². The summed E-state index contributed by atoms with van der Waals surface area (Å²) in [6, 6.07) is 12.5. The first-order chi connectivity index (χ1) is 13.9. The van der Waals surface area contributed by atoms with Crippen molar-refractivity contribution in [2.75, 3.05) is 24.8 Å². The van der Waals surface area contributed by atoms with E-state index in [1.807, 2.05) is 18.2 Å². The molecule has 1 aliphatic rings. The van der Waals surface area contributed by atoms with Crippen LogP contribution in [0.4, 0.5) is 5.69 Å². The van der Waals surface area contributed by atoms with Crippen LogP contribution in [0, 0.1) is 0 Å². The highest BCUT2D eigenvalue weighted by molar-refractivity contribution is 7.89. The van der Waals surface area contributed by atoms with Crippen molar-refractivity contribution in [2.24, 2.45) is 0 Å². The summed E-state index contributed by atoms with van der Waals surface area (Å²) in [4.78, 5) is 17.1. The number of carbonyl (C=O) groups is 1. The number of hydrogen-bond acceptors (Lipinski definition) is 6. The Morgan fingerprint density at radius 3 is 2.69 bits per heavy atom. The summed E-state index contributed by atoms with van der Waals surface area (Å²) < 4.78 is 36.5. The quantitative estimate of drug-likeness (QED) is 0.687. The summed E-state index contributed by atoms with van der Waals surface area (Å²) >= 11 is 0. The van der Waals surface area contributed by atoms with E-state index in [0.29, 0.717) is 47.3 Å². The van der Waals surface area contributed by atoms with Gasteiger partial charge in [-0.3, -0.25) is 4.79 Å². The summed E-state index contributed by atoms with van der Waals surface area (Å²) in [5.41, 5.74) is 1.93. The van der Waals surface area contributed by atoms with E-state index in [4.69, 9.17) is 9.47 Å². The maximum atomic E-state index is 12.7. The molecule has 2 heterocycles. The van der Waals surface area contributed by atoms with Crippen molar-refractivity contribution in [3.05, 3.63) is 48.3 Å². The number of benzene rings is 2. The maximum absolute atomic E-state index is 12.7. The Bertz CT molecular complexity index is 1170. The fourth-order valence-corrected chi connectivity index (χ4v) is 3.92. The van der Waals surface area contributed by atoms with Crippen LogP contribution in [-0.4, -0.2) is 43.3 Å². The van der Waals surface area contributed by atoms with E-state index in [1.54, 1.807) is 28.8 Å². The van der Waals surface area contributed by atoms with Gasteiger partial charge in [-0.15, -0.1) is 0 Å². The molecule has 0 unspecified atom stereocenters. The Labute approximate surface area is 168 Å². The SMILES string of the molecule is CS(=O)(=O)Cc1nc2ccccc2n1CC(=O)Nc1ccc2c(c1)OCCCO2. The third-order valence-corrected chi connectivity index (χ3v) is 5.24. The van der Waals surface area contributed by atoms with E-state index in [9.17, 15) is 13.2 Å². The molecular formula is C20H21N3O5S. The standard InChI is InChI=1S/C20H21N3O5S/c1-29(25,26)13-19-22-15-5-2-3-6-16(15)23(19)12-20(24)21-14-7-8-17-18(11-14)28-10-4-9-27-17/h2-3,5-8,11H,4,9-10,12-13H2,1H3,(H,21,24). The first-order valence-corrected chi connectivity index (χ1v) is 11.3. The molecule has 1 N–H and O–H groups in total. The molecule has 29 heavy (non-hydrogen) atoms. The average molecular weight is 415 g/mol. The predicted octanol–water partition coefficient (Wildman–Crippen LogP) is 2.38. The van der Waals surface area contributed by atoms with Gasteiger partial charge < -0.3 is 19.4 Å². The number of anilines is 1. The third kappa shape index (κ3) is 4.51. The highest BCUT2D eigenvalue weighted by Crippen LogP contribution is 2.32. The van der Waals surface area contributed by atoms with Gasteiger partial charge in [0, 0.05) is 24.4 Å². The predicted molar refractivity (Wildman–Crippen MR) is 109 cm³/mol. The fraction of sp³-hybridized carbons (Fsp3) is 0.300. The molecule has 0 aliphatic carbocycles. The van der Waals surface area contributed by atoms with Gasteiger partial charge in [-0.2, -0.15) is 0 Å².